The van der Waals surface area contributed by atoms with Crippen molar-refractivity contribution in [3.05, 3.63) is 56.3 Å². The van der Waals surface area contributed by atoms with Gasteiger partial charge in [0.15, 0.2) is 0 Å². The van der Waals surface area contributed by atoms with Crippen LogP contribution in [0, 0.1) is 37.5 Å². The summed E-state index contributed by atoms with van der Waals surface area (Å²) in [7, 11) is 0. The lowest BCUT2D eigenvalue weighted by Crippen LogP contribution is -2.03. The van der Waals surface area contributed by atoms with Gasteiger partial charge in [-0.25, -0.2) is 4.98 Å². The minimum Gasteiger partial charge on any atom is -0.262 e. The number of thiazole rings is 1. The van der Waals surface area contributed by atoms with Gasteiger partial charge in [0, 0.05) is 16.6 Å². The van der Waals surface area contributed by atoms with Gasteiger partial charge in [0.2, 0.25) is 0 Å². The van der Waals surface area contributed by atoms with Gasteiger partial charge < -0.3 is 0 Å². The van der Waals surface area contributed by atoms with Gasteiger partial charge in [-0.2, -0.15) is 10.4 Å². The van der Waals surface area contributed by atoms with Crippen molar-refractivity contribution in [1.82, 2.24) is 14.8 Å². The van der Waals surface area contributed by atoms with Crippen LogP contribution >= 0.6 is 22.9 Å². The summed E-state index contributed by atoms with van der Waals surface area (Å²) in [6.07, 6.45) is 5.36. The van der Waals surface area contributed by atoms with Crippen LogP contribution in [-0.2, 0) is 6.54 Å². The van der Waals surface area contributed by atoms with Crippen molar-refractivity contribution >= 4 is 22.9 Å². The highest BCUT2D eigenvalue weighted by Crippen LogP contribution is 2.30. The second-order valence-electron chi connectivity index (χ2n) is 5.28. The molecule has 3 aromatic rings. The molecule has 0 atom stereocenters. The quantitative estimate of drug-likeness (QED) is 0.664. The van der Waals surface area contributed by atoms with Gasteiger partial charge in [0.25, 0.3) is 0 Å². The van der Waals surface area contributed by atoms with E-state index in [9.17, 15) is 0 Å². The third-order valence-electron chi connectivity index (χ3n) is 3.74. The average Bonchev–Trinajstić information content (AvgIpc) is 3.12. The molecule has 0 fully saturated rings. The number of aromatic nitrogens is 3. The molecule has 2 heterocycles. The Morgan fingerprint density at radius 2 is 2.17 bits per heavy atom. The molecule has 0 saturated carbocycles. The number of hydrogen-bond acceptors (Lipinski definition) is 4. The second kappa shape index (κ2) is 6.49. The second-order valence-corrected chi connectivity index (χ2v) is 6.63. The Kier molecular flexibility index (Phi) is 4.40. The lowest BCUT2D eigenvalue weighted by atomic mass is 10.0. The van der Waals surface area contributed by atoms with Gasteiger partial charge in [-0.1, -0.05) is 17.7 Å². The molecule has 24 heavy (non-hydrogen) atoms. The number of nitriles is 1. The number of halogens is 1. The molecule has 0 unspecified atom stereocenters. The largest absolute Gasteiger partial charge is 0.262 e. The monoisotopic (exact) mass is 352 g/mol. The molecule has 3 rings (SSSR count). The average molecular weight is 353 g/mol. The molecule has 0 bridgehead atoms. The number of aryl methyl sites for hydroxylation is 1. The Hall–Kier alpha value is -2.60. The minimum atomic E-state index is 0.445. The summed E-state index contributed by atoms with van der Waals surface area (Å²) in [5.74, 6) is 2.54. The first kappa shape index (κ1) is 16.3. The third-order valence-corrected chi connectivity index (χ3v) is 4.89. The Balaban J connectivity index is 1.99. The smallest absolute Gasteiger partial charge is 0.124 e. The zero-order valence-electron chi connectivity index (χ0n) is 13.2. The maximum absolute atomic E-state index is 9.01. The molecule has 0 spiro atoms. The molecule has 6 heteroatoms. The Morgan fingerprint density at radius 3 is 2.79 bits per heavy atom. The van der Waals surface area contributed by atoms with E-state index >= 15 is 0 Å². The Labute approximate surface area is 149 Å². The molecular formula is C18H13ClN4S. The van der Waals surface area contributed by atoms with E-state index in [0.29, 0.717) is 22.8 Å². The van der Waals surface area contributed by atoms with Crippen LogP contribution in [0.5, 0.6) is 0 Å². The summed E-state index contributed by atoms with van der Waals surface area (Å²) in [6.45, 7) is 4.54. The van der Waals surface area contributed by atoms with Crippen LogP contribution in [0.3, 0.4) is 0 Å². The number of rotatable bonds is 3. The zero-order chi connectivity index (χ0) is 17.3. The predicted octanol–water partition coefficient (Wildman–Crippen LogP) is 4.18. The van der Waals surface area contributed by atoms with Crippen LogP contribution < -0.4 is 0 Å². The van der Waals surface area contributed by atoms with Crippen LogP contribution in [0.4, 0.5) is 0 Å². The molecular weight excluding hydrogens is 340 g/mol. The number of benzene rings is 1. The maximum Gasteiger partial charge on any atom is 0.124 e. The summed E-state index contributed by atoms with van der Waals surface area (Å²) in [5, 5.41) is 16.8. The highest BCUT2D eigenvalue weighted by Gasteiger charge is 2.15. The van der Waals surface area contributed by atoms with Crippen LogP contribution in [0.15, 0.2) is 23.6 Å². The predicted molar refractivity (Wildman–Crippen MR) is 96.0 cm³/mol. The first-order valence-electron chi connectivity index (χ1n) is 7.18. The van der Waals surface area contributed by atoms with Crippen molar-refractivity contribution in [1.29, 1.82) is 5.26 Å². The fraction of sp³-hybridized carbons (Fsp3) is 0.167. The third kappa shape index (κ3) is 2.92. The van der Waals surface area contributed by atoms with Crippen LogP contribution in [0.1, 0.15) is 27.7 Å². The molecule has 0 N–H and O–H groups in total. The van der Waals surface area contributed by atoms with Gasteiger partial charge >= 0.3 is 0 Å². The molecule has 4 nitrogen and oxygen atoms in total. The van der Waals surface area contributed by atoms with Crippen LogP contribution in [-0.4, -0.2) is 14.8 Å². The molecule has 0 aliphatic rings. The molecule has 118 valence electrons. The van der Waals surface area contributed by atoms with E-state index < -0.39 is 0 Å². The highest BCUT2D eigenvalue weighted by atomic mass is 35.5. The van der Waals surface area contributed by atoms with Crippen molar-refractivity contribution < 1.29 is 0 Å². The number of terminal acetylenes is 1. The van der Waals surface area contributed by atoms with Gasteiger partial charge in [-0.05, 0) is 37.5 Å². The van der Waals surface area contributed by atoms with Crippen molar-refractivity contribution in [3.8, 4) is 29.5 Å². The molecule has 0 amide bonds. The lowest BCUT2D eigenvalue weighted by molar-refractivity contribution is 0.656. The van der Waals surface area contributed by atoms with Crippen molar-refractivity contribution in [2.75, 3.05) is 0 Å². The van der Waals surface area contributed by atoms with E-state index in [2.05, 4.69) is 22.1 Å². The van der Waals surface area contributed by atoms with Gasteiger partial charge in [-0.15, -0.1) is 17.8 Å². The lowest BCUT2D eigenvalue weighted by Gasteiger charge is -2.05. The normalized spacial score (nSPS) is 10.4. The fourth-order valence-electron chi connectivity index (χ4n) is 2.61. The van der Waals surface area contributed by atoms with Crippen LogP contribution in [0.2, 0.25) is 5.02 Å². The summed E-state index contributed by atoms with van der Waals surface area (Å²) in [4.78, 5) is 4.38. The minimum absolute atomic E-state index is 0.445. The summed E-state index contributed by atoms with van der Waals surface area (Å²) >= 11 is 7.69. The van der Waals surface area contributed by atoms with E-state index in [1.165, 1.54) is 11.3 Å². The first-order chi connectivity index (χ1) is 11.5. The van der Waals surface area contributed by atoms with E-state index in [0.717, 1.165) is 27.5 Å². The molecule has 0 aliphatic carbocycles. The van der Waals surface area contributed by atoms with Gasteiger partial charge in [-0.3, -0.25) is 4.68 Å². The van der Waals surface area contributed by atoms with Crippen LogP contribution in [0.25, 0.3) is 11.1 Å². The van der Waals surface area contributed by atoms with E-state index in [1.54, 1.807) is 12.1 Å². The van der Waals surface area contributed by atoms with E-state index in [4.69, 9.17) is 23.3 Å². The SMILES string of the molecule is C#Cc1csc(Cn2nc(C)c(-c3ccc(C#N)c(Cl)c3)c2C)n1. The molecule has 0 radical (unpaired) electrons. The summed E-state index contributed by atoms with van der Waals surface area (Å²) < 4.78 is 1.91. The number of nitrogens with zero attached hydrogens (tertiary/aromatic N) is 4. The van der Waals surface area contributed by atoms with Crippen molar-refractivity contribution in [2.45, 2.75) is 20.4 Å². The zero-order valence-corrected chi connectivity index (χ0v) is 14.7. The van der Waals surface area contributed by atoms with Gasteiger partial charge in [0.05, 0.1) is 22.8 Å². The topological polar surface area (TPSA) is 54.5 Å². The Morgan fingerprint density at radius 1 is 1.38 bits per heavy atom. The van der Waals surface area contributed by atoms with Crippen molar-refractivity contribution in [2.24, 2.45) is 0 Å². The fourth-order valence-corrected chi connectivity index (χ4v) is 3.55. The first-order valence-corrected chi connectivity index (χ1v) is 8.44. The maximum atomic E-state index is 9.01. The summed E-state index contributed by atoms with van der Waals surface area (Å²) in [5.41, 5.74) is 5.01. The molecule has 2 aromatic heterocycles. The molecule has 0 aliphatic heterocycles. The van der Waals surface area contributed by atoms with Crippen molar-refractivity contribution in [3.63, 3.8) is 0 Å². The molecule has 0 saturated heterocycles. The standard InChI is InChI=1S/C18H13ClN4S/c1-4-15-10-24-17(21-15)9-23-12(3)18(11(2)22-23)13-5-6-14(8-20)16(19)7-13/h1,5-7,10H,9H2,2-3H3. The van der Waals surface area contributed by atoms with Gasteiger partial charge in [0.1, 0.15) is 16.8 Å². The summed E-state index contributed by atoms with van der Waals surface area (Å²) in [6, 6.07) is 7.50. The highest BCUT2D eigenvalue weighted by molar-refractivity contribution is 7.09. The molecule has 1 aromatic carbocycles. The Bertz CT molecular complexity index is 1000. The van der Waals surface area contributed by atoms with E-state index in [-0.39, 0.29) is 0 Å². The number of hydrogen-bond donors (Lipinski definition) is 0. The van der Waals surface area contributed by atoms with E-state index in [1.807, 2.05) is 30.0 Å².